The van der Waals surface area contributed by atoms with Crippen molar-refractivity contribution >= 4 is 21.8 Å². The molecule has 0 unspecified atom stereocenters. The van der Waals surface area contributed by atoms with Gasteiger partial charge in [0.15, 0.2) is 0 Å². The van der Waals surface area contributed by atoms with E-state index in [9.17, 15) is 0 Å². The molecule has 2 heteroatoms. The fourth-order valence-electron chi connectivity index (χ4n) is 2.43. The summed E-state index contributed by atoms with van der Waals surface area (Å²) in [5.74, 6) is 0. The highest BCUT2D eigenvalue weighted by Gasteiger charge is 2.03. The van der Waals surface area contributed by atoms with Crippen molar-refractivity contribution in [3.05, 3.63) is 67.0 Å². The van der Waals surface area contributed by atoms with Gasteiger partial charge in [-0.3, -0.25) is 0 Å². The highest BCUT2D eigenvalue weighted by molar-refractivity contribution is 5.85. The van der Waals surface area contributed by atoms with Gasteiger partial charge in [-0.1, -0.05) is 12.1 Å². The van der Waals surface area contributed by atoms with Crippen molar-refractivity contribution in [1.29, 1.82) is 0 Å². The Bertz CT molecular complexity index is 836. The summed E-state index contributed by atoms with van der Waals surface area (Å²) in [7, 11) is 0. The van der Waals surface area contributed by atoms with Crippen LogP contribution in [0.3, 0.4) is 0 Å². The third kappa shape index (κ3) is 1.29. The fraction of sp³-hybridized carbons (Fsp3) is 0. The number of rotatable bonds is 1. The highest BCUT2D eigenvalue weighted by Crippen LogP contribution is 2.22. The summed E-state index contributed by atoms with van der Waals surface area (Å²) >= 11 is 0. The minimum Gasteiger partial charge on any atom is -0.361 e. The standard InChI is InChI=1S/C16H11N2/c1-2-4-16-13(3-1)8-10-18(16)14-6-5-12-7-9-17-15(12)11-14/h2-11,17H. The van der Waals surface area contributed by atoms with Crippen molar-refractivity contribution in [3.63, 3.8) is 0 Å². The smallest absolute Gasteiger partial charge is 0.0528 e. The first-order valence-electron chi connectivity index (χ1n) is 5.96. The number of nitrogens with one attached hydrogen (secondary N) is 1. The minimum absolute atomic E-state index is 1.16. The van der Waals surface area contributed by atoms with Crippen LogP contribution in [0.15, 0.2) is 60.9 Å². The van der Waals surface area contributed by atoms with Crippen LogP contribution in [-0.2, 0) is 0 Å². The molecule has 1 N–H and O–H groups in total. The Morgan fingerprint density at radius 1 is 1.00 bits per heavy atom. The van der Waals surface area contributed by atoms with Crippen LogP contribution < -0.4 is 0 Å². The molecule has 0 aliphatic heterocycles. The molecule has 0 aliphatic rings. The zero-order chi connectivity index (χ0) is 11.9. The van der Waals surface area contributed by atoms with Crippen LogP contribution in [0.1, 0.15) is 0 Å². The van der Waals surface area contributed by atoms with Gasteiger partial charge in [0.1, 0.15) is 0 Å². The van der Waals surface area contributed by atoms with E-state index in [1.54, 1.807) is 0 Å². The van der Waals surface area contributed by atoms with Gasteiger partial charge in [0.05, 0.1) is 5.52 Å². The van der Waals surface area contributed by atoms with E-state index in [-0.39, 0.29) is 0 Å². The summed E-state index contributed by atoms with van der Waals surface area (Å²) in [6.07, 6.45) is 4.07. The molecule has 4 rings (SSSR count). The SMILES string of the molecule is [c]1ccc2c(c1)ccn2-c1ccc2cc[nH]c2c1. The van der Waals surface area contributed by atoms with Crippen LogP contribution in [0, 0.1) is 6.07 Å². The number of hydrogen-bond acceptors (Lipinski definition) is 0. The molecule has 85 valence electrons. The number of benzene rings is 2. The molecular weight excluding hydrogens is 220 g/mol. The van der Waals surface area contributed by atoms with Gasteiger partial charge in [0.25, 0.3) is 0 Å². The van der Waals surface area contributed by atoms with Gasteiger partial charge in [-0.25, -0.2) is 0 Å². The first-order chi connectivity index (χ1) is 8.92. The fourth-order valence-corrected chi connectivity index (χ4v) is 2.43. The number of fused-ring (bicyclic) bond motifs is 2. The Hall–Kier alpha value is -2.48. The minimum atomic E-state index is 1.16. The molecule has 2 aromatic heterocycles. The van der Waals surface area contributed by atoms with Gasteiger partial charge in [-0.05, 0) is 47.9 Å². The molecular formula is C16H11N2. The maximum atomic E-state index is 3.25. The zero-order valence-corrected chi connectivity index (χ0v) is 9.72. The van der Waals surface area contributed by atoms with Gasteiger partial charge in [0, 0.05) is 29.0 Å². The van der Waals surface area contributed by atoms with Gasteiger partial charge >= 0.3 is 0 Å². The Morgan fingerprint density at radius 2 is 2.00 bits per heavy atom. The molecule has 4 aromatic rings. The van der Waals surface area contributed by atoms with Crippen LogP contribution >= 0.6 is 0 Å². The molecule has 2 nitrogen and oxygen atoms in total. The van der Waals surface area contributed by atoms with Crippen LogP contribution in [-0.4, -0.2) is 9.55 Å². The molecule has 0 atom stereocenters. The average Bonchev–Trinajstić information content (AvgIpc) is 3.04. The monoisotopic (exact) mass is 231 g/mol. The first-order valence-corrected chi connectivity index (χ1v) is 5.96. The van der Waals surface area contributed by atoms with Gasteiger partial charge in [-0.15, -0.1) is 0 Å². The average molecular weight is 231 g/mol. The van der Waals surface area contributed by atoms with Crippen molar-refractivity contribution in [2.75, 3.05) is 0 Å². The quantitative estimate of drug-likeness (QED) is 0.512. The molecule has 0 saturated carbocycles. The summed E-state index contributed by atoms with van der Waals surface area (Å²) in [5, 5.41) is 2.45. The Balaban J connectivity index is 2.00. The van der Waals surface area contributed by atoms with Crippen LogP contribution in [0.4, 0.5) is 0 Å². The predicted octanol–water partition coefficient (Wildman–Crippen LogP) is 3.91. The van der Waals surface area contributed by atoms with E-state index in [1.807, 2.05) is 18.3 Å². The molecule has 2 aromatic carbocycles. The summed E-state index contributed by atoms with van der Waals surface area (Å²) in [5.41, 5.74) is 3.54. The second-order valence-electron chi connectivity index (χ2n) is 4.42. The van der Waals surface area contributed by atoms with Crippen molar-refractivity contribution in [3.8, 4) is 5.69 Å². The number of nitrogens with zero attached hydrogens (tertiary/aromatic N) is 1. The summed E-state index contributed by atoms with van der Waals surface area (Å²) < 4.78 is 2.20. The topological polar surface area (TPSA) is 20.7 Å². The number of aromatic amines is 1. The molecule has 2 heterocycles. The Labute approximate surface area is 104 Å². The van der Waals surface area contributed by atoms with E-state index in [0.29, 0.717) is 0 Å². The molecule has 0 amide bonds. The number of aromatic nitrogens is 2. The van der Waals surface area contributed by atoms with Crippen LogP contribution in [0.25, 0.3) is 27.5 Å². The molecule has 0 saturated heterocycles. The van der Waals surface area contributed by atoms with Crippen molar-refractivity contribution < 1.29 is 0 Å². The number of hydrogen-bond donors (Lipinski definition) is 1. The maximum absolute atomic E-state index is 3.25. The lowest BCUT2D eigenvalue weighted by Crippen LogP contribution is -1.91. The third-order valence-electron chi connectivity index (χ3n) is 3.35. The maximum Gasteiger partial charge on any atom is 0.0528 e. The normalized spacial score (nSPS) is 11.3. The van der Waals surface area contributed by atoms with Crippen molar-refractivity contribution in [2.24, 2.45) is 0 Å². The first kappa shape index (κ1) is 9.54. The van der Waals surface area contributed by atoms with Crippen molar-refractivity contribution in [1.82, 2.24) is 9.55 Å². The largest absolute Gasteiger partial charge is 0.361 e. The van der Waals surface area contributed by atoms with Gasteiger partial charge in [-0.2, -0.15) is 0 Å². The van der Waals surface area contributed by atoms with E-state index < -0.39 is 0 Å². The van der Waals surface area contributed by atoms with Crippen LogP contribution in [0.5, 0.6) is 0 Å². The lowest BCUT2D eigenvalue weighted by Gasteiger charge is -2.05. The second-order valence-corrected chi connectivity index (χ2v) is 4.42. The zero-order valence-electron chi connectivity index (χ0n) is 9.72. The highest BCUT2D eigenvalue weighted by atomic mass is 15.0. The summed E-state index contributed by atoms with van der Waals surface area (Å²) in [4.78, 5) is 3.25. The molecule has 0 aliphatic carbocycles. The van der Waals surface area contributed by atoms with Crippen LogP contribution in [0.2, 0.25) is 0 Å². The second kappa shape index (κ2) is 3.50. The van der Waals surface area contributed by atoms with E-state index >= 15 is 0 Å². The summed E-state index contributed by atoms with van der Waals surface area (Å²) in [6.45, 7) is 0. The van der Waals surface area contributed by atoms with E-state index in [0.717, 1.165) is 5.52 Å². The van der Waals surface area contributed by atoms with Gasteiger partial charge < -0.3 is 9.55 Å². The molecule has 0 spiro atoms. The van der Waals surface area contributed by atoms with E-state index in [2.05, 4.69) is 58.2 Å². The Kier molecular flexibility index (Phi) is 1.86. The van der Waals surface area contributed by atoms with Gasteiger partial charge in [0.2, 0.25) is 0 Å². The number of H-pyrrole nitrogens is 1. The molecule has 1 radical (unpaired) electrons. The lowest BCUT2D eigenvalue weighted by molar-refractivity contribution is 1.13. The van der Waals surface area contributed by atoms with E-state index in [4.69, 9.17) is 0 Å². The van der Waals surface area contributed by atoms with E-state index in [1.165, 1.54) is 22.0 Å². The van der Waals surface area contributed by atoms with Crippen molar-refractivity contribution in [2.45, 2.75) is 0 Å². The third-order valence-corrected chi connectivity index (χ3v) is 3.35. The summed E-state index contributed by atoms with van der Waals surface area (Å²) in [6, 6.07) is 19.8. The molecule has 0 fully saturated rings. The molecule has 18 heavy (non-hydrogen) atoms. The molecule has 0 bridgehead atoms. The lowest BCUT2D eigenvalue weighted by atomic mass is 10.2. The Morgan fingerprint density at radius 3 is 3.00 bits per heavy atom. The predicted molar refractivity (Wildman–Crippen MR) is 74.0 cm³/mol.